The van der Waals surface area contributed by atoms with Crippen LogP contribution in [0.15, 0.2) is 65.9 Å². The summed E-state index contributed by atoms with van der Waals surface area (Å²) in [5.74, 6) is -0.489. The molecule has 0 aliphatic rings. The Bertz CT molecular complexity index is 1230. The smallest absolute Gasteiger partial charge is 0.387 e. The van der Waals surface area contributed by atoms with Gasteiger partial charge in [-0.15, -0.1) is 0 Å². The summed E-state index contributed by atoms with van der Waals surface area (Å²) in [5, 5.41) is 5.48. The van der Waals surface area contributed by atoms with E-state index in [-0.39, 0.29) is 5.75 Å². The van der Waals surface area contributed by atoms with Gasteiger partial charge in [-0.05, 0) is 35.9 Å². The third kappa shape index (κ3) is 3.64. The molecule has 2 aromatic carbocycles. The number of aryl methyl sites for hydroxylation is 1. The van der Waals surface area contributed by atoms with E-state index in [1.165, 1.54) is 12.3 Å². The maximum Gasteiger partial charge on any atom is 0.387 e. The average molecular weight is 394 g/mol. The summed E-state index contributed by atoms with van der Waals surface area (Å²) in [4.78, 5) is 17.0. The van der Waals surface area contributed by atoms with Crippen molar-refractivity contribution in [1.29, 1.82) is 0 Å². The normalized spacial score (nSPS) is 11.6. The van der Waals surface area contributed by atoms with Crippen molar-refractivity contribution in [3.63, 3.8) is 0 Å². The first kappa shape index (κ1) is 18.5. The molecular formula is C21H16F2N4O2. The molecule has 0 unspecified atom stereocenters. The highest BCUT2D eigenvalue weighted by Crippen LogP contribution is 2.27. The van der Waals surface area contributed by atoms with E-state index in [9.17, 15) is 13.6 Å². The first-order valence-corrected chi connectivity index (χ1v) is 8.78. The number of carbonyl (C=O) groups is 1. The first-order valence-electron chi connectivity index (χ1n) is 8.78. The number of pyridine rings is 1. The van der Waals surface area contributed by atoms with Crippen molar-refractivity contribution >= 4 is 28.5 Å². The molecular weight excluding hydrogens is 378 g/mol. The number of hydrogen-bond acceptors (Lipinski definition) is 4. The maximum absolute atomic E-state index is 12.8. The number of hydrazone groups is 1. The van der Waals surface area contributed by atoms with Gasteiger partial charge in [-0.3, -0.25) is 9.20 Å². The number of alkyl halides is 2. The second kappa shape index (κ2) is 7.67. The largest absolute Gasteiger partial charge is 0.434 e. The third-order valence-electron chi connectivity index (χ3n) is 4.43. The molecule has 6 nitrogen and oxygen atoms in total. The number of imidazole rings is 1. The summed E-state index contributed by atoms with van der Waals surface area (Å²) in [6.07, 6.45) is 3.03. The van der Waals surface area contributed by atoms with Crippen LogP contribution in [0, 0.1) is 6.92 Å². The monoisotopic (exact) mass is 394 g/mol. The number of nitrogens with one attached hydrogen (secondary N) is 1. The van der Waals surface area contributed by atoms with E-state index < -0.39 is 12.5 Å². The molecule has 8 heteroatoms. The summed E-state index contributed by atoms with van der Waals surface area (Å²) in [6.45, 7) is -1.25. The van der Waals surface area contributed by atoms with Crippen molar-refractivity contribution in [3.05, 3.63) is 77.7 Å². The van der Waals surface area contributed by atoms with Crippen LogP contribution in [0.5, 0.6) is 5.75 Å². The minimum atomic E-state index is -2.97. The van der Waals surface area contributed by atoms with E-state index in [1.807, 2.05) is 18.2 Å². The average Bonchev–Trinajstić information content (AvgIpc) is 3.04. The Kier molecular flexibility index (Phi) is 4.90. The van der Waals surface area contributed by atoms with Gasteiger partial charge in [0.25, 0.3) is 5.91 Å². The summed E-state index contributed by atoms with van der Waals surface area (Å²) >= 11 is 0. The van der Waals surface area contributed by atoms with Crippen molar-refractivity contribution in [2.75, 3.05) is 0 Å². The van der Waals surface area contributed by atoms with Crippen molar-refractivity contribution in [2.24, 2.45) is 5.10 Å². The van der Waals surface area contributed by atoms with E-state index >= 15 is 0 Å². The fraction of sp³-hybridized carbons (Fsp3) is 0.0952. The Morgan fingerprint density at radius 3 is 2.79 bits per heavy atom. The number of hydrogen-bond donors (Lipinski definition) is 1. The van der Waals surface area contributed by atoms with Crippen LogP contribution >= 0.6 is 0 Å². The van der Waals surface area contributed by atoms with Crippen molar-refractivity contribution < 1.29 is 18.3 Å². The molecule has 0 atom stereocenters. The molecule has 4 rings (SSSR count). The van der Waals surface area contributed by atoms with Gasteiger partial charge >= 0.3 is 6.61 Å². The van der Waals surface area contributed by atoms with Crippen LogP contribution in [0.4, 0.5) is 8.78 Å². The summed E-state index contributed by atoms with van der Waals surface area (Å²) < 4.78 is 31.8. The first-order chi connectivity index (χ1) is 14.0. The number of benzene rings is 2. The topological polar surface area (TPSA) is 68.0 Å². The highest BCUT2D eigenvalue weighted by molar-refractivity contribution is 6.03. The number of rotatable bonds is 5. The van der Waals surface area contributed by atoms with Crippen molar-refractivity contribution in [3.8, 4) is 5.75 Å². The molecule has 0 fully saturated rings. The lowest BCUT2D eigenvalue weighted by Crippen LogP contribution is -2.20. The van der Waals surface area contributed by atoms with E-state index in [4.69, 9.17) is 0 Å². The summed E-state index contributed by atoms with van der Waals surface area (Å²) in [7, 11) is 0. The minimum Gasteiger partial charge on any atom is -0.434 e. The van der Waals surface area contributed by atoms with Gasteiger partial charge < -0.3 is 4.74 Å². The molecule has 2 heterocycles. The van der Waals surface area contributed by atoms with Crippen LogP contribution < -0.4 is 10.2 Å². The zero-order chi connectivity index (χ0) is 20.4. The highest BCUT2D eigenvalue weighted by Gasteiger charge is 2.16. The van der Waals surface area contributed by atoms with Gasteiger partial charge in [0, 0.05) is 11.8 Å². The zero-order valence-electron chi connectivity index (χ0n) is 15.3. The van der Waals surface area contributed by atoms with E-state index in [0.717, 1.165) is 5.39 Å². The number of amides is 1. The third-order valence-corrected chi connectivity index (χ3v) is 4.43. The fourth-order valence-electron chi connectivity index (χ4n) is 3.20. The Balaban J connectivity index is 1.66. The molecule has 4 aromatic rings. The quantitative estimate of drug-likeness (QED) is 0.408. The fourth-order valence-corrected chi connectivity index (χ4v) is 3.20. The lowest BCUT2D eigenvalue weighted by atomic mass is 10.0. The molecule has 0 bridgehead atoms. The van der Waals surface area contributed by atoms with Crippen LogP contribution in [0.2, 0.25) is 0 Å². The molecule has 0 saturated carbocycles. The molecule has 0 radical (unpaired) electrons. The molecule has 0 aliphatic carbocycles. The number of ether oxygens (including phenoxy) is 1. The number of halogens is 2. The van der Waals surface area contributed by atoms with Gasteiger partial charge in [-0.2, -0.15) is 13.9 Å². The molecule has 29 heavy (non-hydrogen) atoms. The Labute approximate surface area is 164 Å². The lowest BCUT2D eigenvalue weighted by molar-refractivity contribution is -0.0498. The number of aromatic nitrogens is 2. The maximum atomic E-state index is 12.8. The molecule has 0 saturated heterocycles. The predicted molar refractivity (Wildman–Crippen MR) is 106 cm³/mol. The van der Waals surface area contributed by atoms with Crippen LogP contribution in [0.3, 0.4) is 0 Å². The molecule has 146 valence electrons. The highest BCUT2D eigenvalue weighted by atomic mass is 19.3. The zero-order valence-corrected chi connectivity index (χ0v) is 15.3. The molecule has 0 spiro atoms. The second-order valence-corrected chi connectivity index (χ2v) is 6.25. The van der Waals surface area contributed by atoms with Gasteiger partial charge in [-0.1, -0.05) is 36.4 Å². The van der Waals surface area contributed by atoms with Gasteiger partial charge in [0.05, 0.1) is 11.9 Å². The lowest BCUT2D eigenvalue weighted by Gasteiger charge is -2.10. The summed E-state index contributed by atoms with van der Waals surface area (Å²) in [6, 6.07) is 15.8. The number of carbonyl (C=O) groups excluding carboxylic acids is 1. The summed E-state index contributed by atoms with van der Waals surface area (Å²) in [5.41, 5.74) is 4.32. The SMILES string of the molecule is Cc1nc2ccccn2c1C(=O)N/N=C\c1c(OC(F)F)ccc2ccccc12. The van der Waals surface area contributed by atoms with Crippen molar-refractivity contribution in [1.82, 2.24) is 14.8 Å². The van der Waals surface area contributed by atoms with Crippen LogP contribution in [-0.4, -0.2) is 28.1 Å². The van der Waals surface area contributed by atoms with Crippen LogP contribution in [0.25, 0.3) is 16.4 Å². The number of fused-ring (bicyclic) bond motifs is 2. The number of nitrogens with zero attached hydrogens (tertiary/aromatic N) is 3. The van der Waals surface area contributed by atoms with Gasteiger partial charge in [-0.25, -0.2) is 10.4 Å². The Morgan fingerprint density at radius 1 is 1.17 bits per heavy atom. The molecule has 1 amide bonds. The van der Waals surface area contributed by atoms with Gasteiger partial charge in [0.1, 0.15) is 17.1 Å². The molecule has 1 N–H and O–H groups in total. The predicted octanol–water partition coefficient (Wildman–Crippen LogP) is 4.16. The molecule has 2 aromatic heterocycles. The van der Waals surface area contributed by atoms with E-state index in [0.29, 0.717) is 28.0 Å². The van der Waals surface area contributed by atoms with Crippen LogP contribution in [0.1, 0.15) is 21.7 Å². The standard InChI is InChI=1S/C21H16F2N4O2/c1-13-19(27-11-5-4-8-18(27)25-13)20(28)26-24-12-16-15-7-3-2-6-14(15)9-10-17(16)29-21(22)23/h2-12,21H,1H3,(H,26,28)/b24-12-. The van der Waals surface area contributed by atoms with Crippen molar-refractivity contribution in [2.45, 2.75) is 13.5 Å². The van der Waals surface area contributed by atoms with Gasteiger partial charge in [0.15, 0.2) is 0 Å². The molecule has 0 aliphatic heterocycles. The second-order valence-electron chi connectivity index (χ2n) is 6.25. The van der Waals surface area contributed by atoms with Gasteiger partial charge in [0.2, 0.25) is 0 Å². The van der Waals surface area contributed by atoms with E-state index in [2.05, 4.69) is 20.2 Å². The van der Waals surface area contributed by atoms with E-state index in [1.54, 1.807) is 47.9 Å². The van der Waals surface area contributed by atoms with Crippen LogP contribution in [-0.2, 0) is 0 Å². The Hall–Kier alpha value is -3.81. The Morgan fingerprint density at radius 2 is 1.97 bits per heavy atom. The minimum absolute atomic E-state index is 0.0253.